The first-order chi connectivity index (χ1) is 10.7. The van der Waals surface area contributed by atoms with Crippen LogP contribution in [0.15, 0.2) is 28.9 Å². The van der Waals surface area contributed by atoms with Gasteiger partial charge in [-0.1, -0.05) is 6.92 Å². The summed E-state index contributed by atoms with van der Waals surface area (Å²) in [6, 6.07) is 5.72. The first kappa shape index (κ1) is 14.9. The smallest absolute Gasteiger partial charge is 0.227 e. The molecule has 0 spiro atoms. The Bertz CT molecular complexity index is 661. The molecule has 1 saturated heterocycles. The normalized spacial score (nSPS) is 19.2. The molecule has 0 aliphatic carbocycles. The van der Waals surface area contributed by atoms with Gasteiger partial charge in [0.1, 0.15) is 11.3 Å². The van der Waals surface area contributed by atoms with Gasteiger partial charge in [0.05, 0.1) is 19.8 Å². The second-order valence-electron chi connectivity index (χ2n) is 6.22. The predicted molar refractivity (Wildman–Crippen MR) is 86.1 cm³/mol. The molecule has 22 heavy (non-hydrogen) atoms. The van der Waals surface area contributed by atoms with E-state index in [1.807, 2.05) is 23.1 Å². The van der Waals surface area contributed by atoms with Crippen LogP contribution in [0.1, 0.15) is 31.7 Å². The number of benzene rings is 1. The molecule has 2 aromatic rings. The molecule has 1 atom stereocenters. The second kappa shape index (κ2) is 6.42. The van der Waals surface area contributed by atoms with Crippen molar-refractivity contribution in [1.82, 2.24) is 4.90 Å². The van der Waals surface area contributed by atoms with E-state index in [0.29, 0.717) is 6.42 Å². The Hall–Kier alpha value is -1.97. The highest BCUT2D eigenvalue weighted by molar-refractivity contribution is 5.88. The molecule has 0 saturated carbocycles. The lowest BCUT2D eigenvalue weighted by Crippen LogP contribution is -2.33. The van der Waals surface area contributed by atoms with Crippen LogP contribution < -0.4 is 4.74 Å². The molecule has 1 amide bonds. The maximum Gasteiger partial charge on any atom is 0.227 e. The number of rotatable bonds is 3. The number of amides is 1. The number of fused-ring (bicyclic) bond motifs is 1. The van der Waals surface area contributed by atoms with Gasteiger partial charge in [-0.3, -0.25) is 4.79 Å². The van der Waals surface area contributed by atoms with Crippen LogP contribution in [-0.4, -0.2) is 31.0 Å². The lowest BCUT2D eigenvalue weighted by atomic mass is 10.0. The molecular formula is C18H23NO3. The zero-order valence-corrected chi connectivity index (χ0v) is 13.3. The second-order valence-corrected chi connectivity index (χ2v) is 6.22. The van der Waals surface area contributed by atoms with Crippen LogP contribution in [0.3, 0.4) is 0 Å². The molecule has 1 aliphatic heterocycles. The quantitative estimate of drug-likeness (QED) is 0.869. The van der Waals surface area contributed by atoms with Crippen molar-refractivity contribution >= 4 is 16.9 Å². The van der Waals surface area contributed by atoms with Crippen LogP contribution >= 0.6 is 0 Å². The molecule has 3 rings (SSSR count). The maximum absolute atomic E-state index is 12.6. The summed E-state index contributed by atoms with van der Waals surface area (Å²) in [5, 5.41) is 0.998. The highest BCUT2D eigenvalue weighted by Crippen LogP contribution is 2.26. The van der Waals surface area contributed by atoms with Gasteiger partial charge in [-0.15, -0.1) is 0 Å². The van der Waals surface area contributed by atoms with Gasteiger partial charge in [-0.25, -0.2) is 0 Å². The van der Waals surface area contributed by atoms with Crippen LogP contribution in [0.4, 0.5) is 0 Å². The number of hydrogen-bond donors (Lipinski definition) is 0. The van der Waals surface area contributed by atoms with Crippen LogP contribution in [0.5, 0.6) is 5.75 Å². The Labute approximate surface area is 131 Å². The van der Waals surface area contributed by atoms with E-state index in [4.69, 9.17) is 9.15 Å². The Balaban J connectivity index is 1.73. The maximum atomic E-state index is 12.6. The summed E-state index contributed by atoms with van der Waals surface area (Å²) in [5.74, 6) is 1.69. The Morgan fingerprint density at radius 3 is 3.05 bits per heavy atom. The fourth-order valence-corrected chi connectivity index (χ4v) is 3.11. The van der Waals surface area contributed by atoms with Crippen molar-refractivity contribution in [1.29, 1.82) is 0 Å². The molecule has 2 heterocycles. The number of ether oxygens (including phenoxy) is 1. The number of carbonyl (C=O) groups is 1. The van der Waals surface area contributed by atoms with Gasteiger partial charge in [-0.05, 0) is 37.3 Å². The van der Waals surface area contributed by atoms with Gasteiger partial charge in [0, 0.05) is 30.1 Å². The highest BCUT2D eigenvalue weighted by Gasteiger charge is 2.20. The number of likely N-dealkylation sites (tertiary alicyclic amines) is 1. The molecule has 118 valence electrons. The molecule has 0 N–H and O–H groups in total. The topological polar surface area (TPSA) is 42.7 Å². The number of carbonyl (C=O) groups excluding carboxylic acids is 1. The number of hydrogen-bond acceptors (Lipinski definition) is 3. The Kier molecular flexibility index (Phi) is 4.36. The van der Waals surface area contributed by atoms with Crippen molar-refractivity contribution in [3.05, 3.63) is 30.0 Å². The largest absolute Gasteiger partial charge is 0.497 e. The zero-order valence-electron chi connectivity index (χ0n) is 13.3. The monoisotopic (exact) mass is 301 g/mol. The van der Waals surface area contributed by atoms with E-state index in [-0.39, 0.29) is 5.91 Å². The lowest BCUT2D eigenvalue weighted by Gasteiger charge is -2.20. The summed E-state index contributed by atoms with van der Waals surface area (Å²) in [4.78, 5) is 14.6. The van der Waals surface area contributed by atoms with Crippen LogP contribution in [0.2, 0.25) is 0 Å². The van der Waals surface area contributed by atoms with Crippen molar-refractivity contribution in [2.45, 2.75) is 32.6 Å². The van der Waals surface area contributed by atoms with Gasteiger partial charge in [0.15, 0.2) is 0 Å². The summed E-state index contributed by atoms with van der Waals surface area (Å²) in [5.41, 5.74) is 1.73. The van der Waals surface area contributed by atoms with E-state index in [1.165, 1.54) is 6.42 Å². The third kappa shape index (κ3) is 3.11. The minimum Gasteiger partial charge on any atom is -0.497 e. The molecule has 4 heteroatoms. The molecule has 0 bridgehead atoms. The van der Waals surface area contributed by atoms with E-state index in [9.17, 15) is 4.79 Å². The zero-order chi connectivity index (χ0) is 15.5. The summed E-state index contributed by atoms with van der Waals surface area (Å²) in [6.45, 7) is 4.03. The van der Waals surface area contributed by atoms with E-state index >= 15 is 0 Å². The molecule has 1 aromatic carbocycles. The van der Waals surface area contributed by atoms with E-state index in [1.54, 1.807) is 13.4 Å². The number of methoxy groups -OCH3 is 1. The van der Waals surface area contributed by atoms with Gasteiger partial charge in [0.25, 0.3) is 0 Å². The minimum absolute atomic E-state index is 0.201. The third-order valence-corrected chi connectivity index (χ3v) is 4.57. The molecule has 0 radical (unpaired) electrons. The highest BCUT2D eigenvalue weighted by atomic mass is 16.5. The first-order valence-corrected chi connectivity index (χ1v) is 7.99. The molecular weight excluding hydrogens is 278 g/mol. The first-order valence-electron chi connectivity index (χ1n) is 7.99. The van der Waals surface area contributed by atoms with Crippen LogP contribution in [-0.2, 0) is 11.2 Å². The van der Waals surface area contributed by atoms with Gasteiger partial charge >= 0.3 is 0 Å². The average molecular weight is 301 g/mol. The fourth-order valence-electron chi connectivity index (χ4n) is 3.11. The molecule has 1 aromatic heterocycles. The van der Waals surface area contributed by atoms with E-state index < -0.39 is 0 Å². The summed E-state index contributed by atoms with van der Waals surface area (Å²) in [7, 11) is 1.63. The van der Waals surface area contributed by atoms with E-state index in [0.717, 1.165) is 54.1 Å². The van der Waals surface area contributed by atoms with E-state index in [2.05, 4.69) is 6.92 Å². The van der Waals surface area contributed by atoms with Crippen molar-refractivity contribution < 1.29 is 13.9 Å². The molecule has 4 nitrogen and oxygen atoms in total. The van der Waals surface area contributed by atoms with Gasteiger partial charge < -0.3 is 14.1 Å². The number of nitrogens with zero attached hydrogens (tertiary/aromatic N) is 1. The van der Waals surface area contributed by atoms with Crippen molar-refractivity contribution in [3.63, 3.8) is 0 Å². The molecule has 1 fully saturated rings. The number of furan rings is 1. The van der Waals surface area contributed by atoms with Crippen molar-refractivity contribution in [3.8, 4) is 5.75 Å². The fraction of sp³-hybridized carbons (Fsp3) is 0.500. The Morgan fingerprint density at radius 1 is 1.36 bits per heavy atom. The minimum atomic E-state index is 0.201. The molecule has 1 aliphatic rings. The standard InChI is InChI=1S/C18H23NO3/c1-13-4-3-8-19(9-7-13)18(20)10-14-12-22-17-11-15(21-2)5-6-16(14)17/h5-6,11-13H,3-4,7-10H2,1-2H3/t13-/m0/s1. The average Bonchev–Trinajstić information content (AvgIpc) is 2.78. The van der Waals surface area contributed by atoms with Gasteiger partial charge in [-0.2, -0.15) is 0 Å². The van der Waals surface area contributed by atoms with Crippen LogP contribution in [0.25, 0.3) is 11.0 Å². The summed E-state index contributed by atoms with van der Waals surface area (Å²) >= 11 is 0. The molecule has 0 unspecified atom stereocenters. The van der Waals surface area contributed by atoms with Crippen LogP contribution in [0, 0.1) is 5.92 Å². The third-order valence-electron chi connectivity index (χ3n) is 4.57. The van der Waals surface area contributed by atoms with Gasteiger partial charge in [0.2, 0.25) is 5.91 Å². The SMILES string of the molecule is COc1ccc2c(CC(=O)N3CCC[C@H](C)CC3)coc2c1. The lowest BCUT2D eigenvalue weighted by molar-refractivity contribution is -0.130. The summed E-state index contributed by atoms with van der Waals surface area (Å²) in [6.07, 6.45) is 5.54. The summed E-state index contributed by atoms with van der Waals surface area (Å²) < 4.78 is 10.8. The Morgan fingerprint density at radius 2 is 2.23 bits per heavy atom. The van der Waals surface area contributed by atoms with Crippen molar-refractivity contribution in [2.24, 2.45) is 5.92 Å². The predicted octanol–water partition coefficient (Wildman–Crippen LogP) is 3.63. The van der Waals surface area contributed by atoms with Crippen molar-refractivity contribution in [2.75, 3.05) is 20.2 Å².